The summed E-state index contributed by atoms with van der Waals surface area (Å²) in [6, 6.07) is 32.3. The molecule has 0 aliphatic carbocycles. The summed E-state index contributed by atoms with van der Waals surface area (Å²) < 4.78 is 0. The molecule has 0 unspecified atom stereocenters. The van der Waals surface area contributed by atoms with Gasteiger partial charge in [0.15, 0.2) is 0 Å². The Balaban J connectivity index is 0.000000139. The van der Waals surface area contributed by atoms with Crippen LogP contribution in [0.4, 0.5) is 0 Å². The fraction of sp³-hybridized carbons (Fsp3) is 0. The molecule has 6 aromatic rings. The van der Waals surface area contributed by atoms with Crippen LogP contribution in [0.3, 0.4) is 0 Å². The van der Waals surface area contributed by atoms with Crippen molar-refractivity contribution in [2.75, 3.05) is 0 Å². The summed E-state index contributed by atoms with van der Waals surface area (Å²) in [6.07, 6.45) is 16.0. The maximum atomic E-state index is 4.62. The van der Waals surface area contributed by atoms with Gasteiger partial charge in [-0.25, -0.2) is 19.9 Å². The standard InChI is InChI=1S/C20H14N4.C20H12N4.Pd/c2*1-2-14-10-16-5-6-18(23-16)12-20-8-7-19(24-20)11-17-4-3-15(22-17)9-13(1)21-14;/h1-12,21-22H;1-12H;/q;-2;+2. The average Bonchev–Trinajstić information content (AvgIpc) is 3.91. The number of hydrogen-bond acceptors (Lipinski definition) is 4. The summed E-state index contributed by atoms with van der Waals surface area (Å²) in [4.78, 5) is 34.4. The van der Waals surface area contributed by atoms with Gasteiger partial charge < -0.3 is 19.9 Å². The number of H-pyrrole nitrogens is 2. The van der Waals surface area contributed by atoms with Crippen LogP contribution in [0.15, 0.2) is 97.1 Å². The smallest absolute Gasteiger partial charge is 0.658 e. The van der Waals surface area contributed by atoms with E-state index in [0.29, 0.717) is 0 Å². The molecule has 6 aromatic heterocycles. The van der Waals surface area contributed by atoms with E-state index in [2.05, 4.69) is 70.2 Å². The Hall–Kier alpha value is -6.14. The van der Waals surface area contributed by atoms with Crippen LogP contribution < -0.4 is 9.97 Å². The molecule has 0 fully saturated rings. The molecule has 0 saturated carbocycles. The number of aromatic amines is 2. The Labute approximate surface area is 294 Å². The van der Waals surface area contributed by atoms with Crippen molar-refractivity contribution in [1.82, 2.24) is 39.9 Å². The predicted molar refractivity (Wildman–Crippen MR) is 196 cm³/mol. The number of hydrogen-bond donors (Lipinski definition) is 2. The van der Waals surface area contributed by atoms with Crippen LogP contribution in [-0.4, -0.2) is 29.9 Å². The summed E-state index contributed by atoms with van der Waals surface area (Å²) >= 11 is 0. The van der Waals surface area contributed by atoms with Crippen molar-refractivity contribution in [3.63, 3.8) is 0 Å². The zero-order valence-electron chi connectivity index (χ0n) is 25.9. The Kier molecular flexibility index (Phi) is 7.90. The SMILES string of the molecule is C1=Cc2cc3ccc(cc4ccc(cc5nc(cc1n2)C=C5)[nH]4)[nH]3.C1=Cc2cc3ccc(cc4nc(cc5ccc(cc1n2)[n-]5)C=C4)[n-]3.[Pd+2]. The first-order valence-electron chi connectivity index (χ1n) is 15.6. The third kappa shape index (κ3) is 6.95. The molecule has 10 rings (SSSR count). The molecule has 2 N–H and O–H groups in total. The van der Waals surface area contributed by atoms with Crippen LogP contribution >= 0.6 is 0 Å². The molecule has 16 bridgehead atoms. The first-order valence-corrected chi connectivity index (χ1v) is 15.6. The third-order valence-corrected chi connectivity index (χ3v) is 7.96. The fourth-order valence-electron chi connectivity index (χ4n) is 5.77. The van der Waals surface area contributed by atoms with Crippen molar-refractivity contribution in [1.29, 1.82) is 0 Å². The quantitative estimate of drug-likeness (QED) is 0.152. The van der Waals surface area contributed by atoms with Gasteiger partial charge >= 0.3 is 20.4 Å². The normalized spacial score (nSPS) is 12.4. The van der Waals surface area contributed by atoms with Crippen molar-refractivity contribution < 1.29 is 20.4 Å². The molecule has 0 amide bonds. The molecule has 49 heavy (non-hydrogen) atoms. The van der Waals surface area contributed by atoms with E-state index in [-0.39, 0.29) is 20.4 Å². The second kappa shape index (κ2) is 12.8. The zero-order chi connectivity index (χ0) is 31.9. The molecule has 0 spiro atoms. The van der Waals surface area contributed by atoms with Crippen LogP contribution in [0.1, 0.15) is 45.6 Å². The largest absolute Gasteiger partial charge is 2.00 e. The third-order valence-electron chi connectivity index (χ3n) is 7.96. The molecule has 10 heterocycles. The second-order valence-corrected chi connectivity index (χ2v) is 11.7. The van der Waals surface area contributed by atoms with Crippen LogP contribution in [-0.2, 0) is 20.4 Å². The topological polar surface area (TPSA) is 111 Å². The Morgan fingerprint density at radius 1 is 0.306 bits per heavy atom. The zero-order valence-corrected chi connectivity index (χ0v) is 27.4. The van der Waals surface area contributed by atoms with E-state index in [1.807, 2.05) is 115 Å². The molecule has 0 atom stereocenters. The molecule has 8 nitrogen and oxygen atoms in total. The van der Waals surface area contributed by atoms with Crippen LogP contribution in [0.5, 0.6) is 0 Å². The number of nitrogens with zero attached hydrogens (tertiary/aromatic N) is 6. The second-order valence-electron chi connectivity index (χ2n) is 11.7. The van der Waals surface area contributed by atoms with Crippen molar-refractivity contribution in [3.05, 3.63) is 143 Å². The molecule has 4 aliphatic heterocycles. The number of rotatable bonds is 0. The van der Waals surface area contributed by atoms with Gasteiger partial charge in [-0.2, -0.15) is 0 Å². The van der Waals surface area contributed by atoms with Crippen LogP contribution in [0.25, 0.3) is 92.7 Å². The summed E-state index contributed by atoms with van der Waals surface area (Å²) in [5, 5.41) is 0. The van der Waals surface area contributed by atoms with Gasteiger partial charge in [0.2, 0.25) is 0 Å². The van der Waals surface area contributed by atoms with Gasteiger partial charge in [-0.3, -0.25) is 0 Å². The number of aromatic nitrogens is 8. The summed E-state index contributed by atoms with van der Waals surface area (Å²) in [5.74, 6) is 0. The Bertz CT molecular complexity index is 2430. The van der Waals surface area contributed by atoms with Crippen molar-refractivity contribution in [3.8, 4) is 0 Å². The molecule has 9 heteroatoms. The van der Waals surface area contributed by atoms with Crippen molar-refractivity contribution >= 4 is 92.7 Å². The van der Waals surface area contributed by atoms with E-state index in [9.17, 15) is 0 Å². The average molecular weight is 725 g/mol. The van der Waals surface area contributed by atoms with Crippen LogP contribution in [0, 0.1) is 0 Å². The monoisotopic (exact) mass is 724 g/mol. The van der Waals surface area contributed by atoms with Crippen molar-refractivity contribution in [2.45, 2.75) is 0 Å². The van der Waals surface area contributed by atoms with Gasteiger partial charge in [0, 0.05) is 22.1 Å². The molecule has 4 aliphatic rings. The molecular weight excluding hydrogens is 699 g/mol. The molecule has 0 aromatic carbocycles. The Morgan fingerprint density at radius 2 is 0.571 bits per heavy atom. The summed E-state index contributed by atoms with van der Waals surface area (Å²) in [7, 11) is 0. The minimum Gasteiger partial charge on any atom is -0.658 e. The molecule has 236 valence electrons. The van der Waals surface area contributed by atoms with E-state index in [0.717, 1.165) is 89.7 Å². The molecule has 0 radical (unpaired) electrons. The summed E-state index contributed by atoms with van der Waals surface area (Å²) in [6.45, 7) is 0. The van der Waals surface area contributed by atoms with E-state index in [1.165, 1.54) is 0 Å². The van der Waals surface area contributed by atoms with Gasteiger partial charge in [-0.05, 0) is 97.1 Å². The first-order chi connectivity index (χ1) is 23.6. The van der Waals surface area contributed by atoms with Gasteiger partial charge in [-0.1, -0.05) is 48.5 Å². The molecular formula is C40H26N8Pd. The van der Waals surface area contributed by atoms with Gasteiger partial charge in [0.1, 0.15) is 0 Å². The van der Waals surface area contributed by atoms with E-state index in [1.54, 1.807) is 0 Å². The first kappa shape index (κ1) is 30.2. The van der Waals surface area contributed by atoms with Gasteiger partial charge in [0.25, 0.3) is 0 Å². The Morgan fingerprint density at radius 3 is 0.898 bits per heavy atom. The molecule has 0 saturated heterocycles. The fourth-order valence-corrected chi connectivity index (χ4v) is 5.77. The van der Waals surface area contributed by atoms with Gasteiger partial charge in [0.05, 0.1) is 45.6 Å². The van der Waals surface area contributed by atoms with Crippen LogP contribution in [0.2, 0.25) is 0 Å². The number of nitrogens with one attached hydrogen (secondary N) is 2. The summed E-state index contributed by atoms with van der Waals surface area (Å²) in [5.41, 5.74) is 15.0. The minimum absolute atomic E-state index is 0. The van der Waals surface area contributed by atoms with E-state index < -0.39 is 0 Å². The maximum Gasteiger partial charge on any atom is 2.00 e. The predicted octanol–water partition coefficient (Wildman–Crippen LogP) is 8.57. The minimum atomic E-state index is 0. The van der Waals surface area contributed by atoms with E-state index >= 15 is 0 Å². The maximum absolute atomic E-state index is 4.62. The van der Waals surface area contributed by atoms with Crippen molar-refractivity contribution in [2.24, 2.45) is 0 Å². The number of fused-ring (bicyclic) bond motifs is 16. The van der Waals surface area contributed by atoms with Gasteiger partial charge in [-0.15, -0.1) is 22.1 Å². The van der Waals surface area contributed by atoms with E-state index in [4.69, 9.17) is 0 Å².